The summed E-state index contributed by atoms with van der Waals surface area (Å²) >= 11 is 0. The van der Waals surface area contributed by atoms with Crippen molar-refractivity contribution in [2.45, 2.75) is 122 Å². The summed E-state index contributed by atoms with van der Waals surface area (Å²) < 4.78 is 0. The zero-order valence-corrected chi connectivity index (χ0v) is 20.7. The quantitative estimate of drug-likeness (QED) is 0.469. The van der Waals surface area contributed by atoms with E-state index in [1.54, 1.807) is 33.4 Å². The smallest absolute Gasteiger partial charge is 0.0268 e. The molecule has 0 nitrogen and oxygen atoms in total. The second kappa shape index (κ2) is 8.71. The molecule has 0 radical (unpaired) electrons. The molecular weight excluding hydrogens is 324 g/mol. The van der Waals surface area contributed by atoms with Crippen LogP contribution in [-0.2, 0) is 19.3 Å². The molecule has 0 bridgehead atoms. The van der Waals surface area contributed by atoms with Crippen molar-refractivity contribution in [3.8, 4) is 0 Å². The minimum Gasteiger partial charge on any atom is -0.0602 e. The Morgan fingerprint density at radius 3 is 0.741 bits per heavy atom. The fourth-order valence-electron chi connectivity index (χ4n) is 4.02. The lowest BCUT2D eigenvalue weighted by Crippen LogP contribution is -2.15. The Labute approximate surface area is 171 Å². The van der Waals surface area contributed by atoms with Gasteiger partial charge in [0.25, 0.3) is 0 Å². The van der Waals surface area contributed by atoms with E-state index in [9.17, 15) is 0 Å². The average Bonchev–Trinajstić information content (AvgIpc) is 2.43. The van der Waals surface area contributed by atoms with Crippen LogP contribution in [0, 0.1) is 37.0 Å². The van der Waals surface area contributed by atoms with E-state index in [4.69, 9.17) is 0 Å². The summed E-state index contributed by atoms with van der Waals surface area (Å²) in [6.45, 7) is 28.5. The maximum Gasteiger partial charge on any atom is -0.0268 e. The van der Waals surface area contributed by atoms with Crippen molar-refractivity contribution in [2.24, 2.45) is 16.2 Å². The molecule has 0 spiro atoms. The molecule has 1 rings (SSSR count). The third-order valence-electron chi connectivity index (χ3n) is 6.09. The Morgan fingerprint density at radius 2 is 0.593 bits per heavy atom. The molecular formula is C27H48. The summed E-state index contributed by atoms with van der Waals surface area (Å²) in [7, 11) is 0. The minimum absolute atomic E-state index is 0.390. The SMILES string of the molecule is Cc1c(CCC(C)(C)C)c(C)c(CCC(C)(C)C)c(C)c1CCC(C)(C)C. The summed E-state index contributed by atoms with van der Waals surface area (Å²) in [6.07, 6.45) is 7.42. The van der Waals surface area contributed by atoms with Crippen LogP contribution >= 0.6 is 0 Å². The molecule has 0 unspecified atom stereocenters. The van der Waals surface area contributed by atoms with Crippen LogP contribution in [0.1, 0.15) is 115 Å². The van der Waals surface area contributed by atoms with Gasteiger partial charge in [-0.1, -0.05) is 62.3 Å². The van der Waals surface area contributed by atoms with Crippen LogP contribution in [0.4, 0.5) is 0 Å². The van der Waals surface area contributed by atoms with Gasteiger partial charge in [0.05, 0.1) is 0 Å². The van der Waals surface area contributed by atoms with Crippen LogP contribution in [0.3, 0.4) is 0 Å². The van der Waals surface area contributed by atoms with Crippen molar-refractivity contribution in [3.63, 3.8) is 0 Å². The van der Waals surface area contributed by atoms with Crippen molar-refractivity contribution in [1.82, 2.24) is 0 Å². The second-order valence-electron chi connectivity index (χ2n) is 12.5. The first-order valence-electron chi connectivity index (χ1n) is 11.1. The van der Waals surface area contributed by atoms with Crippen molar-refractivity contribution < 1.29 is 0 Å². The van der Waals surface area contributed by atoms with E-state index in [-0.39, 0.29) is 0 Å². The summed E-state index contributed by atoms with van der Waals surface area (Å²) in [4.78, 5) is 0. The van der Waals surface area contributed by atoms with Gasteiger partial charge in [-0.3, -0.25) is 0 Å². The Kier molecular flexibility index (Phi) is 7.82. The zero-order valence-electron chi connectivity index (χ0n) is 20.7. The number of benzene rings is 1. The van der Waals surface area contributed by atoms with Crippen LogP contribution in [0.25, 0.3) is 0 Å². The van der Waals surface area contributed by atoms with Crippen molar-refractivity contribution in [1.29, 1.82) is 0 Å². The first kappa shape index (κ1) is 24.3. The number of rotatable bonds is 6. The molecule has 0 aliphatic carbocycles. The fraction of sp³-hybridized carbons (Fsp3) is 0.778. The summed E-state index contributed by atoms with van der Waals surface area (Å²) in [5.74, 6) is 0. The molecule has 0 fully saturated rings. The fourth-order valence-corrected chi connectivity index (χ4v) is 4.02. The van der Waals surface area contributed by atoms with Gasteiger partial charge in [-0.25, -0.2) is 0 Å². The maximum absolute atomic E-state index is 2.39. The number of hydrogen-bond donors (Lipinski definition) is 0. The predicted octanol–water partition coefficient (Wildman–Crippen LogP) is 8.55. The Bertz CT molecular complexity index is 512. The van der Waals surface area contributed by atoms with Gasteiger partial charge in [0.2, 0.25) is 0 Å². The van der Waals surface area contributed by atoms with Crippen LogP contribution in [-0.4, -0.2) is 0 Å². The average molecular weight is 373 g/mol. The van der Waals surface area contributed by atoms with Gasteiger partial charge < -0.3 is 0 Å². The van der Waals surface area contributed by atoms with E-state index in [2.05, 4.69) is 83.1 Å². The van der Waals surface area contributed by atoms with Crippen LogP contribution in [0.5, 0.6) is 0 Å². The van der Waals surface area contributed by atoms with E-state index in [0.717, 1.165) is 0 Å². The lowest BCUT2D eigenvalue weighted by Gasteiger charge is -2.28. The summed E-state index contributed by atoms with van der Waals surface area (Å²) in [5, 5.41) is 0. The van der Waals surface area contributed by atoms with Gasteiger partial charge >= 0.3 is 0 Å². The molecule has 0 heteroatoms. The van der Waals surface area contributed by atoms with Gasteiger partial charge in [-0.2, -0.15) is 0 Å². The lowest BCUT2D eigenvalue weighted by molar-refractivity contribution is 0.373. The molecule has 0 amide bonds. The molecule has 0 aromatic heterocycles. The van der Waals surface area contributed by atoms with Crippen LogP contribution in [0.15, 0.2) is 0 Å². The molecule has 1 aromatic rings. The molecule has 27 heavy (non-hydrogen) atoms. The minimum atomic E-state index is 0.390. The molecule has 0 aliphatic rings. The molecule has 0 saturated heterocycles. The molecule has 0 heterocycles. The molecule has 0 aliphatic heterocycles. The highest BCUT2D eigenvalue weighted by Gasteiger charge is 2.21. The highest BCUT2D eigenvalue weighted by molar-refractivity contribution is 5.51. The van der Waals surface area contributed by atoms with Gasteiger partial charge in [0, 0.05) is 0 Å². The van der Waals surface area contributed by atoms with Gasteiger partial charge in [0.1, 0.15) is 0 Å². The maximum atomic E-state index is 2.39. The summed E-state index contributed by atoms with van der Waals surface area (Å²) in [5.41, 5.74) is 10.8. The highest BCUT2D eigenvalue weighted by Crippen LogP contribution is 2.35. The largest absolute Gasteiger partial charge is 0.0602 e. The van der Waals surface area contributed by atoms with Crippen molar-refractivity contribution >= 4 is 0 Å². The first-order valence-corrected chi connectivity index (χ1v) is 11.1. The highest BCUT2D eigenvalue weighted by atomic mass is 14.3. The van der Waals surface area contributed by atoms with E-state index < -0.39 is 0 Å². The first-order chi connectivity index (χ1) is 12.0. The van der Waals surface area contributed by atoms with Gasteiger partial charge in [0.15, 0.2) is 0 Å². The van der Waals surface area contributed by atoms with Crippen LogP contribution < -0.4 is 0 Å². The summed E-state index contributed by atoms with van der Waals surface area (Å²) in [6, 6.07) is 0. The second-order valence-corrected chi connectivity index (χ2v) is 12.5. The van der Waals surface area contributed by atoms with Gasteiger partial charge in [-0.05, 0) is 109 Å². The standard InChI is InChI=1S/C27H48/c1-19-22(13-16-25(4,5)6)20(2)24(15-18-27(10,11)12)21(3)23(19)14-17-26(7,8)9/h13-18H2,1-12H3. The molecule has 0 N–H and O–H groups in total. The van der Waals surface area contributed by atoms with E-state index >= 15 is 0 Å². The lowest BCUT2D eigenvalue weighted by atomic mass is 9.78. The van der Waals surface area contributed by atoms with E-state index in [0.29, 0.717) is 16.2 Å². The van der Waals surface area contributed by atoms with E-state index in [1.807, 2.05) is 0 Å². The van der Waals surface area contributed by atoms with E-state index in [1.165, 1.54) is 38.5 Å². The Hall–Kier alpha value is -0.780. The van der Waals surface area contributed by atoms with Crippen molar-refractivity contribution in [2.75, 3.05) is 0 Å². The van der Waals surface area contributed by atoms with Crippen LogP contribution in [0.2, 0.25) is 0 Å². The molecule has 0 saturated carbocycles. The molecule has 0 atom stereocenters. The molecule has 1 aromatic carbocycles. The third-order valence-corrected chi connectivity index (χ3v) is 6.09. The third kappa shape index (κ3) is 8.00. The molecule has 156 valence electrons. The predicted molar refractivity (Wildman–Crippen MR) is 124 cm³/mol. The zero-order chi connectivity index (χ0) is 21.2. The van der Waals surface area contributed by atoms with Gasteiger partial charge in [-0.15, -0.1) is 0 Å². The Morgan fingerprint density at radius 1 is 0.407 bits per heavy atom. The Balaban J connectivity index is 3.38. The normalized spacial score (nSPS) is 13.3. The number of hydrogen-bond acceptors (Lipinski definition) is 0. The monoisotopic (exact) mass is 372 g/mol. The topological polar surface area (TPSA) is 0 Å². The van der Waals surface area contributed by atoms with Crippen molar-refractivity contribution in [3.05, 3.63) is 33.4 Å².